The predicted octanol–water partition coefficient (Wildman–Crippen LogP) is 2.95. The van der Waals surface area contributed by atoms with Gasteiger partial charge in [-0.25, -0.2) is 14.4 Å². The minimum atomic E-state index is -1.13. The highest BCUT2D eigenvalue weighted by Crippen LogP contribution is 2.46. The number of aromatic nitrogens is 1. The fraction of sp³-hybridized carbons (Fsp3) is 0.161. The van der Waals surface area contributed by atoms with Crippen LogP contribution in [0.4, 0.5) is 11.4 Å². The zero-order valence-electron chi connectivity index (χ0n) is 23.5. The van der Waals surface area contributed by atoms with Crippen molar-refractivity contribution in [2.75, 3.05) is 31.5 Å². The maximum absolute atomic E-state index is 13.5. The van der Waals surface area contributed by atoms with Crippen molar-refractivity contribution in [2.45, 2.75) is 12.3 Å². The van der Waals surface area contributed by atoms with Crippen LogP contribution in [-0.4, -0.2) is 50.1 Å². The molecule has 3 aromatic rings. The molecule has 2 aromatic carbocycles. The van der Waals surface area contributed by atoms with Crippen molar-refractivity contribution >= 4 is 35.2 Å². The number of ether oxygens (including phenoxy) is 3. The van der Waals surface area contributed by atoms with Crippen molar-refractivity contribution in [2.24, 2.45) is 5.73 Å². The molecule has 0 saturated carbocycles. The molecule has 1 amide bonds. The van der Waals surface area contributed by atoms with E-state index in [2.05, 4.69) is 16.4 Å². The second kappa shape index (κ2) is 13.1. The van der Waals surface area contributed by atoms with Gasteiger partial charge in [0, 0.05) is 12.4 Å². The summed E-state index contributed by atoms with van der Waals surface area (Å²) in [6.07, 6.45) is 3.03. The van der Waals surface area contributed by atoms with Crippen molar-refractivity contribution in [3.8, 4) is 6.07 Å². The van der Waals surface area contributed by atoms with E-state index < -0.39 is 35.4 Å². The summed E-state index contributed by atoms with van der Waals surface area (Å²) in [7, 11) is 3.38. The third kappa shape index (κ3) is 5.91. The Kier molecular flexibility index (Phi) is 9.17. The number of esters is 3. The Morgan fingerprint density at radius 1 is 0.907 bits per heavy atom. The molecule has 12 heteroatoms. The van der Waals surface area contributed by atoms with Gasteiger partial charge < -0.3 is 25.3 Å². The number of pyridine rings is 1. The Balaban J connectivity index is 2.03. The molecular weight excluding hydrogens is 554 g/mol. The number of hydrogen-bond acceptors (Lipinski definition) is 11. The highest BCUT2D eigenvalue weighted by molar-refractivity contribution is 6.11. The molecule has 43 heavy (non-hydrogen) atoms. The molecular formula is C31H27N5O7. The Labute approximate surface area is 247 Å². The van der Waals surface area contributed by atoms with E-state index in [1.807, 2.05) is 0 Å². The van der Waals surface area contributed by atoms with Crippen molar-refractivity contribution in [3.05, 3.63) is 112 Å². The van der Waals surface area contributed by atoms with E-state index in [1.165, 1.54) is 18.2 Å². The second-order valence-corrected chi connectivity index (χ2v) is 9.11. The molecule has 1 aliphatic heterocycles. The highest BCUT2D eigenvalue weighted by atomic mass is 16.5. The summed E-state index contributed by atoms with van der Waals surface area (Å²) >= 11 is 0. The van der Waals surface area contributed by atoms with Gasteiger partial charge in [-0.3, -0.25) is 14.7 Å². The molecule has 1 unspecified atom stereocenters. The van der Waals surface area contributed by atoms with E-state index in [9.17, 15) is 24.4 Å². The number of benzene rings is 2. The van der Waals surface area contributed by atoms with E-state index in [1.54, 1.807) is 54.9 Å². The molecule has 1 aromatic heterocycles. The number of allylic oxidation sites excluding steroid dienone is 1. The lowest BCUT2D eigenvalue weighted by molar-refractivity contribution is -0.139. The number of nitrogens with zero attached hydrogens (tertiary/aromatic N) is 3. The Hall–Kier alpha value is -5.96. The zero-order valence-corrected chi connectivity index (χ0v) is 23.5. The standard InChI is InChI=1S/C31H27N5O7/c1-41-29(38)20-10-7-11-22(35-23(37)16-18-12-14-34-15-13-18)26(20)36-27(31(40)43-3)25(30(39)42-2)24(21(17-32)28(36)33)19-8-5-4-6-9-19/h4-15,24H,16,33H2,1-3H3,(H,35,37). The van der Waals surface area contributed by atoms with Crippen LogP contribution in [0.25, 0.3) is 0 Å². The predicted molar refractivity (Wildman–Crippen MR) is 154 cm³/mol. The number of nitrogens with one attached hydrogen (secondary N) is 1. The van der Waals surface area contributed by atoms with Gasteiger partial charge in [0.05, 0.1) is 67.8 Å². The molecule has 0 fully saturated rings. The van der Waals surface area contributed by atoms with E-state index >= 15 is 0 Å². The van der Waals surface area contributed by atoms with Gasteiger partial charge in [-0.1, -0.05) is 36.4 Å². The van der Waals surface area contributed by atoms with E-state index in [-0.39, 0.29) is 40.3 Å². The molecule has 2 heterocycles. The Morgan fingerprint density at radius 2 is 1.56 bits per heavy atom. The van der Waals surface area contributed by atoms with Crippen LogP contribution in [0, 0.1) is 11.3 Å². The van der Waals surface area contributed by atoms with Crippen molar-refractivity contribution in [1.29, 1.82) is 5.26 Å². The number of hydrogen-bond donors (Lipinski definition) is 2. The number of rotatable bonds is 8. The summed E-state index contributed by atoms with van der Waals surface area (Å²) < 4.78 is 15.1. The summed E-state index contributed by atoms with van der Waals surface area (Å²) in [5.41, 5.74) is 6.74. The van der Waals surface area contributed by atoms with Gasteiger partial charge in [-0.2, -0.15) is 5.26 Å². The van der Waals surface area contributed by atoms with Crippen molar-refractivity contribution < 1.29 is 33.4 Å². The minimum absolute atomic E-state index is 0.0333. The third-order valence-electron chi connectivity index (χ3n) is 6.66. The largest absolute Gasteiger partial charge is 0.466 e. The molecule has 1 atom stereocenters. The van der Waals surface area contributed by atoms with Gasteiger partial charge in [-0.05, 0) is 35.4 Å². The van der Waals surface area contributed by atoms with Gasteiger partial charge in [-0.15, -0.1) is 0 Å². The summed E-state index contributed by atoms with van der Waals surface area (Å²) in [5.74, 6) is -4.70. The van der Waals surface area contributed by atoms with Gasteiger partial charge in [0.2, 0.25) is 5.91 Å². The number of carbonyl (C=O) groups is 4. The van der Waals surface area contributed by atoms with Crippen LogP contribution in [0.5, 0.6) is 0 Å². The number of methoxy groups -OCH3 is 3. The zero-order chi connectivity index (χ0) is 31.1. The lowest BCUT2D eigenvalue weighted by atomic mass is 9.80. The van der Waals surface area contributed by atoms with Crippen LogP contribution in [0.1, 0.15) is 27.4 Å². The molecule has 0 saturated heterocycles. The van der Waals surface area contributed by atoms with Gasteiger partial charge in [0.25, 0.3) is 0 Å². The van der Waals surface area contributed by atoms with Crippen molar-refractivity contribution in [3.63, 3.8) is 0 Å². The number of anilines is 2. The van der Waals surface area contributed by atoms with Crippen LogP contribution in [0.2, 0.25) is 0 Å². The minimum Gasteiger partial charge on any atom is -0.466 e. The smallest absolute Gasteiger partial charge is 0.355 e. The molecule has 4 rings (SSSR count). The number of amides is 1. The summed E-state index contributed by atoms with van der Waals surface area (Å²) in [6.45, 7) is 0. The van der Waals surface area contributed by atoms with Crippen molar-refractivity contribution in [1.82, 2.24) is 4.98 Å². The average molecular weight is 582 g/mol. The monoisotopic (exact) mass is 581 g/mol. The first-order valence-electron chi connectivity index (χ1n) is 12.8. The van der Waals surface area contributed by atoms with Crippen LogP contribution in [0.15, 0.2) is 95.7 Å². The maximum Gasteiger partial charge on any atom is 0.355 e. The third-order valence-corrected chi connectivity index (χ3v) is 6.66. The molecule has 3 N–H and O–H groups in total. The van der Waals surface area contributed by atoms with Gasteiger partial charge in [0.15, 0.2) is 0 Å². The lowest BCUT2D eigenvalue weighted by Crippen LogP contribution is -2.41. The quantitative estimate of drug-likeness (QED) is 0.296. The first-order valence-corrected chi connectivity index (χ1v) is 12.8. The topological polar surface area (TPSA) is 174 Å². The van der Waals surface area contributed by atoms with Crippen LogP contribution in [0.3, 0.4) is 0 Å². The van der Waals surface area contributed by atoms with E-state index in [0.717, 1.165) is 26.2 Å². The molecule has 0 radical (unpaired) electrons. The number of nitriles is 1. The average Bonchev–Trinajstić information content (AvgIpc) is 3.03. The second-order valence-electron chi connectivity index (χ2n) is 9.11. The first kappa shape index (κ1) is 30.0. The summed E-state index contributed by atoms with van der Waals surface area (Å²) in [6, 6.07) is 18.2. The number of carbonyl (C=O) groups excluding carboxylic acids is 4. The highest BCUT2D eigenvalue weighted by Gasteiger charge is 2.44. The van der Waals surface area contributed by atoms with Gasteiger partial charge >= 0.3 is 17.9 Å². The SMILES string of the molecule is COC(=O)C1=C(C(=O)OC)N(c2c(NC(=O)Cc3ccncc3)cccc2C(=O)OC)C(N)=C(C#N)C1c1ccccc1. The molecule has 0 aliphatic carbocycles. The number of para-hydroxylation sites is 1. The summed E-state index contributed by atoms with van der Waals surface area (Å²) in [4.78, 5) is 58.1. The summed E-state index contributed by atoms with van der Waals surface area (Å²) in [5, 5.41) is 13.1. The fourth-order valence-corrected chi connectivity index (χ4v) is 4.79. The lowest BCUT2D eigenvalue weighted by Gasteiger charge is -2.37. The first-order chi connectivity index (χ1) is 20.8. The van der Waals surface area contributed by atoms with Crippen LogP contribution in [-0.2, 0) is 35.0 Å². The van der Waals surface area contributed by atoms with Crippen LogP contribution < -0.4 is 16.0 Å². The molecule has 1 aliphatic rings. The molecule has 12 nitrogen and oxygen atoms in total. The molecule has 0 bridgehead atoms. The van der Waals surface area contributed by atoms with E-state index in [4.69, 9.17) is 19.9 Å². The maximum atomic E-state index is 13.5. The Bertz CT molecular complexity index is 1680. The Morgan fingerprint density at radius 3 is 2.16 bits per heavy atom. The normalized spacial score (nSPS) is 14.5. The number of nitrogens with two attached hydrogens (primary N) is 1. The molecule has 0 spiro atoms. The van der Waals surface area contributed by atoms with Crippen LogP contribution >= 0.6 is 0 Å². The van der Waals surface area contributed by atoms with Gasteiger partial charge in [0.1, 0.15) is 11.5 Å². The molecule has 218 valence electrons. The van der Waals surface area contributed by atoms with E-state index in [0.29, 0.717) is 11.1 Å². The fourth-order valence-electron chi connectivity index (χ4n) is 4.79.